The maximum absolute atomic E-state index is 12.7. The number of nitrogens with zero attached hydrogens (tertiary/aromatic N) is 1. The fraction of sp³-hybridized carbons (Fsp3) is 0.286. The van der Waals surface area contributed by atoms with Crippen LogP contribution in [0.1, 0.15) is 24.0 Å². The largest absolute Gasteiger partial charge is 0.464 e. The van der Waals surface area contributed by atoms with Crippen LogP contribution in [0.3, 0.4) is 0 Å². The van der Waals surface area contributed by atoms with E-state index in [-0.39, 0.29) is 5.43 Å². The van der Waals surface area contributed by atoms with Gasteiger partial charge in [-0.2, -0.15) is 0 Å². The highest BCUT2D eigenvalue weighted by molar-refractivity contribution is 9.10. The van der Waals surface area contributed by atoms with Crippen LogP contribution >= 0.6 is 27.5 Å². The van der Waals surface area contributed by atoms with Crippen LogP contribution in [-0.4, -0.2) is 23.1 Å². The summed E-state index contributed by atoms with van der Waals surface area (Å²) in [5.74, 6) is 0. The molecule has 1 aliphatic heterocycles. The Balaban J connectivity index is 1.49. The molecule has 0 spiro atoms. The van der Waals surface area contributed by atoms with Crippen LogP contribution in [0.4, 0.5) is 0 Å². The highest BCUT2D eigenvalue weighted by Crippen LogP contribution is 2.33. The number of hydrogen-bond acceptors (Lipinski definition) is 4. The summed E-state index contributed by atoms with van der Waals surface area (Å²) in [5, 5.41) is 12.0. The molecule has 1 aromatic heterocycles. The smallest absolute Gasteiger partial charge is 0.197 e. The molecule has 2 aromatic carbocycles. The molecule has 140 valence electrons. The quantitative estimate of drug-likeness (QED) is 0.631. The molecule has 2 heterocycles. The Hall–Kier alpha value is -1.66. The van der Waals surface area contributed by atoms with Crippen LogP contribution in [0.5, 0.6) is 0 Å². The minimum atomic E-state index is -0.821. The second-order valence-corrected chi connectivity index (χ2v) is 8.40. The number of halogens is 2. The molecule has 0 aliphatic carbocycles. The van der Waals surface area contributed by atoms with E-state index in [1.807, 2.05) is 24.3 Å². The monoisotopic (exact) mass is 447 g/mol. The van der Waals surface area contributed by atoms with E-state index in [0.717, 1.165) is 10.0 Å². The van der Waals surface area contributed by atoms with Gasteiger partial charge in [0.05, 0.1) is 17.3 Å². The van der Waals surface area contributed by atoms with E-state index < -0.39 is 5.60 Å². The minimum Gasteiger partial charge on any atom is -0.464 e. The van der Waals surface area contributed by atoms with Crippen molar-refractivity contribution in [2.45, 2.75) is 25.0 Å². The Morgan fingerprint density at radius 3 is 2.56 bits per heavy atom. The van der Waals surface area contributed by atoms with Gasteiger partial charge in [0.15, 0.2) is 5.43 Å². The highest BCUT2D eigenvalue weighted by atomic mass is 79.9. The molecule has 3 aromatic rings. The molecule has 4 rings (SSSR count). The summed E-state index contributed by atoms with van der Waals surface area (Å²) >= 11 is 9.44. The van der Waals surface area contributed by atoms with Crippen molar-refractivity contribution in [1.29, 1.82) is 0 Å². The van der Waals surface area contributed by atoms with E-state index >= 15 is 0 Å². The van der Waals surface area contributed by atoms with E-state index in [9.17, 15) is 9.90 Å². The topological polar surface area (TPSA) is 53.7 Å². The normalized spacial score (nSPS) is 17.3. The van der Waals surface area contributed by atoms with Crippen LogP contribution in [-0.2, 0) is 12.1 Å². The van der Waals surface area contributed by atoms with Gasteiger partial charge in [0, 0.05) is 34.7 Å². The van der Waals surface area contributed by atoms with Gasteiger partial charge in [-0.25, -0.2) is 0 Å². The molecule has 27 heavy (non-hydrogen) atoms. The van der Waals surface area contributed by atoms with Crippen molar-refractivity contribution < 1.29 is 9.52 Å². The van der Waals surface area contributed by atoms with E-state index in [1.165, 1.54) is 6.26 Å². The summed E-state index contributed by atoms with van der Waals surface area (Å²) in [6.45, 7) is 1.92. The molecule has 1 saturated heterocycles. The van der Waals surface area contributed by atoms with Crippen LogP contribution in [0.15, 0.2) is 62.4 Å². The maximum atomic E-state index is 12.7. The summed E-state index contributed by atoms with van der Waals surface area (Å²) < 4.78 is 6.60. The van der Waals surface area contributed by atoms with Crippen LogP contribution in [0.2, 0.25) is 5.02 Å². The summed E-state index contributed by atoms with van der Waals surface area (Å²) in [6.07, 6.45) is 2.78. The van der Waals surface area contributed by atoms with Gasteiger partial charge in [-0.15, -0.1) is 0 Å². The zero-order valence-corrected chi connectivity index (χ0v) is 17.0. The molecule has 6 heteroatoms. The van der Waals surface area contributed by atoms with Crippen molar-refractivity contribution in [2.24, 2.45) is 0 Å². The number of piperidine rings is 1. The molecule has 0 atom stereocenters. The van der Waals surface area contributed by atoms with Gasteiger partial charge in [0.1, 0.15) is 5.58 Å². The zero-order chi connectivity index (χ0) is 19.0. The van der Waals surface area contributed by atoms with E-state index in [0.29, 0.717) is 54.0 Å². The standard InChI is InChI=1S/C21H19BrClNO3/c22-16-3-1-15(2-4-16)21(26)7-9-24(10-8-21)12-14-13-27-19-6-5-17(23)11-18(19)20(14)25/h1-6,11,13,26H,7-10,12H2. The number of hydrogen-bond donors (Lipinski definition) is 1. The first-order valence-corrected chi connectivity index (χ1v) is 10.0. The highest BCUT2D eigenvalue weighted by Gasteiger charge is 2.34. The first kappa shape index (κ1) is 18.7. The molecule has 4 nitrogen and oxygen atoms in total. The van der Waals surface area contributed by atoms with Crippen molar-refractivity contribution in [3.05, 3.63) is 79.6 Å². The van der Waals surface area contributed by atoms with Crippen molar-refractivity contribution in [1.82, 2.24) is 4.90 Å². The Bertz CT molecular complexity index is 1020. The van der Waals surface area contributed by atoms with Crippen LogP contribution < -0.4 is 5.43 Å². The first-order valence-electron chi connectivity index (χ1n) is 8.85. The third-order valence-corrected chi connectivity index (χ3v) is 6.03. The van der Waals surface area contributed by atoms with Crippen molar-refractivity contribution in [3.8, 4) is 0 Å². The fourth-order valence-corrected chi connectivity index (χ4v) is 4.06. The average Bonchev–Trinajstić information content (AvgIpc) is 2.67. The van der Waals surface area contributed by atoms with Gasteiger partial charge in [-0.05, 0) is 48.7 Å². The molecule has 0 bridgehead atoms. The molecule has 0 radical (unpaired) electrons. The zero-order valence-electron chi connectivity index (χ0n) is 14.6. The summed E-state index contributed by atoms with van der Waals surface area (Å²) in [5.41, 5.74) is 1.21. The van der Waals surface area contributed by atoms with Gasteiger partial charge in [0.2, 0.25) is 0 Å². The lowest BCUT2D eigenvalue weighted by molar-refractivity contribution is -0.0278. The van der Waals surface area contributed by atoms with Gasteiger partial charge in [-0.1, -0.05) is 39.7 Å². The third-order valence-electron chi connectivity index (χ3n) is 5.26. The number of aliphatic hydroxyl groups is 1. The first-order chi connectivity index (χ1) is 12.9. The maximum Gasteiger partial charge on any atom is 0.197 e. The molecule has 0 amide bonds. The van der Waals surface area contributed by atoms with Gasteiger partial charge in [-0.3, -0.25) is 9.69 Å². The molecule has 1 fully saturated rings. The van der Waals surface area contributed by atoms with Crippen LogP contribution in [0.25, 0.3) is 11.0 Å². The van der Waals surface area contributed by atoms with Gasteiger partial charge in [0.25, 0.3) is 0 Å². The Morgan fingerprint density at radius 1 is 1.15 bits per heavy atom. The second-order valence-electron chi connectivity index (χ2n) is 7.05. The van der Waals surface area contributed by atoms with Crippen molar-refractivity contribution in [2.75, 3.05) is 13.1 Å². The molecule has 1 N–H and O–H groups in total. The predicted molar refractivity (Wildman–Crippen MR) is 110 cm³/mol. The van der Waals surface area contributed by atoms with Crippen molar-refractivity contribution >= 4 is 38.5 Å². The molecular formula is C21H19BrClNO3. The summed E-state index contributed by atoms with van der Waals surface area (Å²) in [6, 6.07) is 12.9. The lowest BCUT2D eigenvalue weighted by atomic mass is 9.84. The lowest BCUT2D eigenvalue weighted by Crippen LogP contribution is -2.42. The lowest BCUT2D eigenvalue weighted by Gasteiger charge is -2.38. The predicted octanol–water partition coefficient (Wildman–Crippen LogP) is 4.69. The van der Waals surface area contributed by atoms with E-state index in [2.05, 4.69) is 20.8 Å². The number of benzene rings is 2. The van der Waals surface area contributed by atoms with Crippen LogP contribution in [0, 0.1) is 0 Å². The van der Waals surface area contributed by atoms with E-state index in [1.54, 1.807) is 18.2 Å². The van der Waals surface area contributed by atoms with Gasteiger partial charge >= 0.3 is 0 Å². The molecule has 0 unspecified atom stereocenters. The average molecular weight is 449 g/mol. The minimum absolute atomic E-state index is 0.0486. The third kappa shape index (κ3) is 3.83. The second kappa shape index (κ2) is 7.40. The Labute approximate surface area is 170 Å². The van der Waals surface area contributed by atoms with Gasteiger partial charge < -0.3 is 9.52 Å². The SMILES string of the molecule is O=c1c(CN2CCC(O)(c3ccc(Br)cc3)CC2)coc2ccc(Cl)cc12. The molecule has 0 saturated carbocycles. The number of likely N-dealkylation sites (tertiary alicyclic amines) is 1. The number of rotatable bonds is 3. The Kier molecular flexibility index (Phi) is 5.12. The summed E-state index contributed by atoms with van der Waals surface area (Å²) in [7, 11) is 0. The molecular weight excluding hydrogens is 430 g/mol. The summed E-state index contributed by atoms with van der Waals surface area (Å²) in [4.78, 5) is 14.9. The Morgan fingerprint density at radius 2 is 1.85 bits per heavy atom. The van der Waals surface area contributed by atoms with Crippen molar-refractivity contribution in [3.63, 3.8) is 0 Å². The fourth-order valence-electron chi connectivity index (χ4n) is 3.62. The number of fused-ring (bicyclic) bond motifs is 1. The van der Waals surface area contributed by atoms with E-state index in [4.69, 9.17) is 16.0 Å². The molecule has 1 aliphatic rings.